The van der Waals surface area contributed by atoms with Gasteiger partial charge >= 0.3 is 0 Å². The van der Waals surface area contributed by atoms with Crippen LogP contribution in [-0.4, -0.2) is 34.5 Å². The highest BCUT2D eigenvalue weighted by Crippen LogP contribution is 2.66. The second-order valence-corrected chi connectivity index (χ2v) is 11.0. The molecule has 0 radical (unpaired) electrons. The number of amides is 1. The molecule has 2 unspecified atom stereocenters. The van der Waals surface area contributed by atoms with E-state index in [1.54, 1.807) is 44.3 Å². The van der Waals surface area contributed by atoms with Crippen molar-refractivity contribution in [1.82, 2.24) is 15.0 Å². The van der Waals surface area contributed by atoms with Gasteiger partial charge in [-0.3, -0.25) is 14.5 Å². The van der Waals surface area contributed by atoms with E-state index in [0.717, 1.165) is 17.5 Å². The molecule has 34 heavy (non-hydrogen) atoms. The Morgan fingerprint density at radius 2 is 1.85 bits per heavy atom. The molecule has 172 valence electrons. The summed E-state index contributed by atoms with van der Waals surface area (Å²) in [5, 5.41) is 11.6. The van der Waals surface area contributed by atoms with E-state index in [-0.39, 0.29) is 28.9 Å². The van der Waals surface area contributed by atoms with Crippen LogP contribution in [0.5, 0.6) is 0 Å². The minimum Gasteiger partial charge on any atom is -0.325 e. The molecule has 0 bridgehead atoms. The fraction of sp³-hybridized carbons (Fsp3) is 0.292. The highest BCUT2D eigenvalue weighted by Gasteiger charge is 2.70. The third-order valence-corrected chi connectivity index (χ3v) is 8.28. The number of hydrogen-bond donors (Lipinski definition) is 2. The first-order chi connectivity index (χ1) is 16.2. The summed E-state index contributed by atoms with van der Waals surface area (Å²) in [7, 11) is -3.50. The Labute approximate surface area is 197 Å². The van der Waals surface area contributed by atoms with E-state index in [1.807, 2.05) is 12.1 Å². The van der Waals surface area contributed by atoms with Gasteiger partial charge in [0, 0.05) is 29.8 Å². The van der Waals surface area contributed by atoms with E-state index in [2.05, 4.69) is 31.1 Å². The first-order valence-electron chi connectivity index (χ1n) is 10.8. The summed E-state index contributed by atoms with van der Waals surface area (Å²) in [6, 6.07) is 12.6. The number of fused-ring (bicyclic) bond motifs is 1. The minimum absolute atomic E-state index is 0.0257. The maximum atomic E-state index is 13.1. The van der Waals surface area contributed by atoms with Crippen LogP contribution in [0.15, 0.2) is 55.0 Å². The summed E-state index contributed by atoms with van der Waals surface area (Å²) >= 11 is 0. The van der Waals surface area contributed by atoms with Crippen LogP contribution in [0.3, 0.4) is 0 Å². The first kappa shape index (κ1) is 22.0. The molecule has 9 nitrogen and oxygen atoms in total. The van der Waals surface area contributed by atoms with Gasteiger partial charge in [0.2, 0.25) is 21.9 Å². The second-order valence-electron chi connectivity index (χ2n) is 9.17. The van der Waals surface area contributed by atoms with Gasteiger partial charge in [-0.2, -0.15) is 5.26 Å². The number of carbonyl (C=O) groups is 1. The van der Waals surface area contributed by atoms with E-state index < -0.39 is 15.4 Å². The van der Waals surface area contributed by atoms with Crippen LogP contribution in [0.2, 0.25) is 0 Å². The monoisotopic (exact) mass is 474 g/mol. The van der Waals surface area contributed by atoms with Crippen LogP contribution in [-0.2, 0) is 20.2 Å². The largest absolute Gasteiger partial charge is 0.325 e. The zero-order valence-electron chi connectivity index (χ0n) is 18.6. The Morgan fingerprint density at radius 3 is 2.50 bits per heavy atom. The molecule has 2 saturated carbocycles. The van der Waals surface area contributed by atoms with Gasteiger partial charge < -0.3 is 5.32 Å². The van der Waals surface area contributed by atoms with E-state index in [1.165, 1.54) is 12.4 Å². The van der Waals surface area contributed by atoms with Gasteiger partial charge in [-0.05, 0) is 61.9 Å². The SMILES string of the molecule is CC(C)(C(=O)Nc1ccc(-c2cncc(C#N)c2)cc1)c1ccnc(NS(=O)(=O)C2C3CC32)n1. The zero-order valence-corrected chi connectivity index (χ0v) is 19.4. The zero-order chi connectivity index (χ0) is 24.1. The third kappa shape index (κ3) is 4.10. The predicted octanol–water partition coefficient (Wildman–Crippen LogP) is 3.09. The maximum Gasteiger partial charge on any atom is 0.238 e. The van der Waals surface area contributed by atoms with Crippen molar-refractivity contribution in [3.63, 3.8) is 0 Å². The molecule has 0 saturated heterocycles. The van der Waals surface area contributed by atoms with Crippen LogP contribution in [0.1, 0.15) is 31.5 Å². The Bertz CT molecular complexity index is 1420. The minimum atomic E-state index is -3.50. The van der Waals surface area contributed by atoms with Crippen molar-refractivity contribution >= 4 is 27.6 Å². The lowest BCUT2D eigenvalue weighted by Crippen LogP contribution is -2.36. The maximum absolute atomic E-state index is 13.1. The third-order valence-electron chi connectivity index (χ3n) is 6.39. The normalized spacial score (nSPS) is 20.6. The summed E-state index contributed by atoms with van der Waals surface area (Å²) in [6.45, 7) is 3.43. The van der Waals surface area contributed by atoms with E-state index in [4.69, 9.17) is 5.26 Å². The first-order valence-corrected chi connectivity index (χ1v) is 12.4. The molecule has 2 aromatic heterocycles. The number of anilines is 2. The molecule has 2 aliphatic carbocycles. The Kier molecular flexibility index (Phi) is 5.10. The second kappa shape index (κ2) is 7.88. The lowest BCUT2D eigenvalue weighted by molar-refractivity contribution is -0.120. The topological polar surface area (TPSA) is 138 Å². The summed E-state index contributed by atoms with van der Waals surface area (Å²) < 4.78 is 27.3. The van der Waals surface area contributed by atoms with Gasteiger partial charge in [0.25, 0.3) is 0 Å². The smallest absolute Gasteiger partial charge is 0.238 e. The number of aromatic nitrogens is 3. The van der Waals surface area contributed by atoms with Gasteiger partial charge in [0.05, 0.1) is 21.9 Å². The predicted molar refractivity (Wildman–Crippen MR) is 126 cm³/mol. The Balaban J connectivity index is 1.29. The molecular formula is C24H22N6O3S. The number of benzene rings is 1. The highest BCUT2D eigenvalue weighted by atomic mass is 32.2. The molecule has 2 N–H and O–H groups in total. The number of nitriles is 1. The van der Waals surface area contributed by atoms with Gasteiger partial charge in [0.1, 0.15) is 6.07 Å². The molecular weight excluding hydrogens is 452 g/mol. The molecule has 3 aromatic rings. The van der Waals surface area contributed by atoms with Crippen molar-refractivity contribution in [3.05, 3.63) is 66.2 Å². The van der Waals surface area contributed by atoms with Crippen LogP contribution < -0.4 is 10.0 Å². The molecule has 5 rings (SSSR count). The number of pyridine rings is 1. The number of sulfonamides is 1. The lowest BCUT2D eigenvalue weighted by atomic mass is 9.88. The van der Waals surface area contributed by atoms with Crippen molar-refractivity contribution in [1.29, 1.82) is 5.26 Å². The van der Waals surface area contributed by atoms with Gasteiger partial charge in [-0.1, -0.05) is 12.1 Å². The summed E-state index contributed by atoms with van der Waals surface area (Å²) in [5.74, 6) is 0.230. The van der Waals surface area contributed by atoms with Gasteiger partial charge in [0.15, 0.2) is 0 Å². The quantitative estimate of drug-likeness (QED) is 0.537. The molecule has 2 fully saturated rings. The van der Waals surface area contributed by atoms with Crippen LogP contribution >= 0.6 is 0 Å². The molecule has 1 amide bonds. The van der Waals surface area contributed by atoms with E-state index in [9.17, 15) is 13.2 Å². The fourth-order valence-corrected chi connectivity index (χ4v) is 5.88. The summed E-state index contributed by atoms with van der Waals surface area (Å²) in [6.07, 6.45) is 5.59. The Hall–Kier alpha value is -3.84. The fourth-order valence-electron chi connectivity index (χ4n) is 3.94. The molecule has 1 aromatic carbocycles. The number of carbonyl (C=O) groups excluding carboxylic acids is 1. The number of nitrogens with one attached hydrogen (secondary N) is 2. The van der Waals surface area contributed by atoms with Crippen LogP contribution in [0.4, 0.5) is 11.6 Å². The van der Waals surface area contributed by atoms with Crippen molar-refractivity contribution in [2.45, 2.75) is 30.9 Å². The van der Waals surface area contributed by atoms with Crippen molar-refractivity contribution < 1.29 is 13.2 Å². The number of nitrogens with zero attached hydrogens (tertiary/aromatic N) is 4. The van der Waals surface area contributed by atoms with Crippen LogP contribution in [0.25, 0.3) is 11.1 Å². The van der Waals surface area contributed by atoms with Crippen molar-refractivity contribution in [2.75, 3.05) is 10.0 Å². The molecule has 2 atom stereocenters. The molecule has 2 aliphatic rings. The average Bonchev–Trinajstić information content (AvgIpc) is 3.72. The molecule has 0 aliphatic heterocycles. The standard InChI is InChI=1S/C24H22N6O3S/c1-24(2,20-7-8-27-23(29-20)30-34(32,33)21-18-10-19(18)21)22(31)28-17-5-3-15(4-6-17)16-9-14(11-25)12-26-13-16/h3-9,12-13,18-19,21H,10H2,1-2H3,(H,28,31)(H,27,29,30). The van der Waals surface area contributed by atoms with E-state index >= 15 is 0 Å². The van der Waals surface area contributed by atoms with Crippen LogP contribution in [0, 0.1) is 23.2 Å². The van der Waals surface area contributed by atoms with Crippen molar-refractivity contribution in [2.24, 2.45) is 11.8 Å². The highest BCUT2D eigenvalue weighted by molar-refractivity contribution is 7.93. The van der Waals surface area contributed by atoms with Gasteiger partial charge in [-0.25, -0.2) is 18.4 Å². The molecule has 2 heterocycles. The lowest BCUT2D eigenvalue weighted by Gasteiger charge is -2.23. The summed E-state index contributed by atoms with van der Waals surface area (Å²) in [4.78, 5) is 25.5. The van der Waals surface area contributed by atoms with Crippen molar-refractivity contribution in [3.8, 4) is 17.2 Å². The van der Waals surface area contributed by atoms with Gasteiger partial charge in [-0.15, -0.1) is 0 Å². The molecule has 10 heteroatoms. The molecule has 0 spiro atoms. The average molecular weight is 475 g/mol. The number of hydrogen-bond acceptors (Lipinski definition) is 7. The van der Waals surface area contributed by atoms with E-state index in [0.29, 0.717) is 16.9 Å². The Morgan fingerprint density at radius 1 is 1.12 bits per heavy atom. The summed E-state index contributed by atoms with van der Waals surface area (Å²) in [5.41, 5.74) is 2.08. The number of rotatable bonds is 7.